The Balaban J connectivity index is 0.000000315. The van der Waals surface area contributed by atoms with Gasteiger partial charge in [-0.15, -0.1) is 0 Å². The molecule has 1 aromatic carbocycles. The van der Waals surface area contributed by atoms with Crippen molar-refractivity contribution in [3.63, 3.8) is 0 Å². The zero-order chi connectivity index (χ0) is 12.4. The van der Waals surface area contributed by atoms with Crippen molar-refractivity contribution in [2.24, 2.45) is 0 Å². The molecule has 1 amide bonds. The molecule has 0 aliphatic carbocycles. The van der Waals surface area contributed by atoms with Gasteiger partial charge in [0.2, 0.25) is 5.91 Å². The summed E-state index contributed by atoms with van der Waals surface area (Å²) < 4.78 is 4.36. The van der Waals surface area contributed by atoms with Crippen LogP contribution in [0.3, 0.4) is 0 Å². The summed E-state index contributed by atoms with van der Waals surface area (Å²) in [5.41, 5.74) is 0. The van der Waals surface area contributed by atoms with Gasteiger partial charge in [0.15, 0.2) is 0 Å². The molecule has 0 aliphatic rings. The normalized spacial score (nSPS) is 10.4. The number of amides is 1. The average Bonchev–Trinajstić information content (AvgIpc) is 2.30. The van der Waals surface area contributed by atoms with Gasteiger partial charge in [-0.3, -0.25) is 4.79 Å². The number of hydrogen-bond acceptors (Lipinski definition) is 3. The molecule has 0 spiro atoms. The number of hydrogen-bond donors (Lipinski definition) is 1. The van der Waals surface area contributed by atoms with Crippen LogP contribution in [0.1, 0.15) is 13.8 Å². The molecule has 88 valence electrons. The van der Waals surface area contributed by atoms with Crippen molar-refractivity contribution in [2.45, 2.75) is 19.9 Å². The fourth-order valence-corrected chi connectivity index (χ4v) is 0.925. The summed E-state index contributed by atoms with van der Waals surface area (Å²) in [6.07, 6.45) is 0. The SMILES string of the molecule is COC(=O)C(C)NC(C)=O.c1ccccc1. The fourth-order valence-electron chi connectivity index (χ4n) is 0.925. The van der Waals surface area contributed by atoms with Crippen LogP contribution in [0, 0.1) is 0 Å². The minimum atomic E-state index is -0.553. The monoisotopic (exact) mass is 223 g/mol. The Kier molecular flexibility index (Phi) is 7.49. The molecule has 1 aromatic rings. The fraction of sp³-hybridized carbons (Fsp3) is 0.333. The summed E-state index contributed by atoms with van der Waals surface area (Å²) in [5, 5.41) is 2.38. The highest BCUT2D eigenvalue weighted by molar-refractivity contribution is 5.82. The van der Waals surface area contributed by atoms with Gasteiger partial charge >= 0.3 is 5.97 Å². The second-order valence-corrected chi connectivity index (χ2v) is 3.10. The Hall–Kier alpha value is -1.84. The number of benzene rings is 1. The summed E-state index contributed by atoms with van der Waals surface area (Å²) in [6.45, 7) is 2.91. The highest BCUT2D eigenvalue weighted by atomic mass is 16.5. The minimum absolute atomic E-state index is 0.238. The van der Waals surface area contributed by atoms with Gasteiger partial charge in [0.1, 0.15) is 6.04 Å². The zero-order valence-electron chi connectivity index (χ0n) is 9.77. The predicted octanol–water partition coefficient (Wildman–Crippen LogP) is 1.37. The van der Waals surface area contributed by atoms with E-state index in [0.29, 0.717) is 0 Å². The molecule has 0 bridgehead atoms. The molecule has 1 N–H and O–H groups in total. The van der Waals surface area contributed by atoms with Gasteiger partial charge in [0.05, 0.1) is 7.11 Å². The molecular formula is C12H17NO3. The second kappa shape index (κ2) is 8.47. The number of carbonyl (C=O) groups is 2. The quantitative estimate of drug-likeness (QED) is 0.770. The number of rotatable bonds is 2. The maximum absolute atomic E-state index is 10.6. The van der Waals surface area contributed by atoms with Crippen molar-refractivity contribution in [1.29, 1.82) is 0 Å². The first-order chi connectivity index (χ1) is 7.57. The third-order valence-corrected chi connectivity index (χ3v) is 1.64. The number of methoxy groups -OCH3 is 1. The van der Waals surface area contributed by atoms with Crippen LogP contribution in [0.5, 0.6) is 0 Å². The van der Waals surface area contributed by atoms with Crippen LogP contribution in [-0.4, -0.2) is 25.0 Å². The summed E-state index contributed by atoms with van der Waals surface area (Å²) in [7, 11) is 1.28. The molecule has 1 atom stereocenters. The Morgan fingerprint density at radius 1 is 1.06 bits per heavy atom. The first kappa shape index (κ1) is 14.2. The Morgan fingerprint density at radius 2 is 1.44 bits per heavy atom. The van der Waals surface area contributed by atoms with E-state index in [0.717, 1.165) is 0 Å². The molecule has 0 aliphatic heterocycles. The van der Waals surface area contributed by atoms with Crippen LogP contribution >= 0.6 is 0 Å². The maximum Gasteiger partial charge on any atom is 0.328 e. The van der Waals surface area contributed by atoms with E-state index >= 15 is 0 Å². The Bertz CT molecular complexity index is 285. The topological polar surface area (TPSA) is 55.4 Å². The highest BCUT2D eigenvalue weighted by Crippen LogP contribution is 1.84. The van der Waals surface area contributed by atoms with Crippen LogP contribution in [0.2, 0.25) is 0 Å². The van der Waals surface area contributed by atoms with Gasteiger partial charge in [0.25, 0.3) is 0 Å². The molecule has 0 heterocycles. The van der Waals surface area contributed by atoms with Gasteiger partial charge in [-0.2, -0.15) is 0 Å². The zero-order valence-corrected chi connectivity index (χ0v) is 9.77. The van der Waals surface area contributed by atoms with Crippen LogP contribution in [0.25, 0.3) is 0 Å². The molecule has 0 fully saturated rings. The van der Waals surface area contributed by atoms with Crippen molar-refractivity contribution < 1.29 is 14.3 Å². The third-order valence-electron chi connectivity index (χ3n) is 1.64. The van der Waals surface area contributed by atoms with E-state index in [-0.39, 0.29) is 5.91 Å². The molecule has 0 radical (unpaired) electrons. The number of ether oxygens (including phenoxy) is 1. The van der Waals surface area contributed by atoms with Crippen LogP contribution in [-0.2, 0) is 14.3 Å². The van der Waals surface area contributed by atoms with Crippen LogP contribution in [0.4, 0.5) is 0 Å². The van der Waals surface area contributed by atoms with Gasteiger partial charge in [0, 0.05) is 6.92 Å². The Labute approximate surface area is 95.6 Å². The van der Waals surface area contributed by atoms with E-state index in [9.17, 15) is 9.59 Å². The second-order valence-electron chi connectivity index (χ2n) is 3.10. The number of esters is 1. The van der Waals surface area contributed by atoms with Crippen molar-refractivity contribution in [1.82, 2.24) is 5.32 Å². The molecule has 1 rings (SSSR count). The highest BCUT2D eigenvalue weighted by Gasteiger charge is 2.12. The molecule has 4 heteroatoms. The molecule has 0 saturated heterocycles. The maximum atomic E-state index is 10.6. The summed E-state index contributed by atoms with van der Waals surface area (Å²) in [4.78, 5) is 21.0. The van der Waals surface area contributed by atoms with E-state index < -0.39 is 12.0 Å². The molecule has 0 aromatic heterocycles. The first-order valence-corrected chi connectivity index (χ1v) is 4.93. The van der Waals surface area contributed by atoms with Gasteiger partial charge in [-0.05, 0) is 6.92 Å². The number of nitrogens with one attached hydrogen (secondary N) is 1. The van der Waals surface area contributed by atoms with Gasteiger partial charge in [-0.1, -0.05) is 36.4 Å². The lowest BCUT2D eigenvalue weighted by molar-refractivity contribution is -0.144. The summed E-state index contributed by atoms with van der Waals surface area (Å²) in [5.74, 6) is -0.673. The van der Waals surface area contributed by atoms with E-state index in [1.165, 1.54) is 14.0 Å². The van der Waals surface area contributed by atoms with E-state index in [1.54, 1.807) is 6.92 Å². The van der Waals surface area contributed by atoms with E-state index in [4.69, 9.17) is 0 Å². The Morgan fingerprint density at radius 3 is 1.69 bits per heavy atom. The molecular weight excluding hydrogens is 206 g/mol. The van der Waals surface area contributed by atoms with E-state index in [2.05, 4.69) is 10.1 Å². The third kappa shape index (κ3) is 7.55. The lowest BCUT2D eigenvalue weighted by atomic mass is 10.3. The van der Waals surface area contributed by atoms with Crippen molar-refractivity contribution >= 4 is 11.9 Å². The number of carbonyl (C=O) groups excluding carboxylic acids is 2. The smallest absolute Gasteiger partial charge is 0.328 e. The largest absolute Gasteiger partial charge is 0.467 e. The predicted molar refractivity (Wildman–Crippen MR) is 61.7 cm³/mol. The molecule has 0 saturated carbocycles. The summed E-state index contributed by atoms with van der Waals surface area (Å²) in [6, 6.07) is 11.4. The van der Waals surface area contributed by atoms with Crippen molar-refractivity contribution in [3.8, 4) is 0 Å². The minimum Gasteiger partial charge on any atom is -0.467 e. The van der Waals surface area contributed by atoms with E-state index in [1.807, 2.05) is 36.4 Å². The molecule has 16 heavy (non-hydrogen) atoms. The summed E-state index contributed by atoms with van der Waals surface area (Å²) >= 11 is 0. The lowest BCUT2D eigenvalue weighted by Gasteiger charge is -2.08. The average molecular weight is 223 g/mol. The standard InChI is InChI=1S/C6H11NO3.C6H6/c1-4(6(9)10-3)7-5(2)8;1-2-4-6-5-3-1/h4H,1-3H3,(H,7,8);1-6H. The van der Waals surface area contributed by atoms with Crippen molar-refractivity contribution in [3.05, 3.63) is 36.4 Å². The lowest BCUT2D eigenvalue weighted by Crippen LogP contribution is -2.37. The van der Waals surface area contributed by atoms with Gasteiger partial charge < -0.3 is 10.1 Å². The van der Waals surface area contributed by atoms with Crippen LogP contribution < -0.4 is 5.32 Å². The molecule has 4 nitrogen and oxygen atoms in total. The van der Waals surface area contributed by atoms with Crippen molar-refractivity contribution in [2.75, 3.05) is 7.11 Å². The van der Waals surface area contributed by atoms with Gasteiger partial charge in [-0.25, -0.2) is 4.79 Å². The van der Waals surface area contributed by atoms with Crippen LogP contribution in [0.15, 0.2) is 36.4 Å². The molecule has 1 unspecified atom stereocenters. The first-order valence-electron chi connectivity index (χ1n) is 4.93.